The third-order valence-corrected chi connectivity index (χ3v) is 7.97. The van der Waals surface area contributed by atoms with Gasteiger partial charge in [0, 0.05) is 73.3 Å². The molecule has 0 aromatic heterocycles. The Morgan fingerprint density at radius 3 is 2.42 bits per heavy atom. The SMILES string of the molecule is CCN(CC)c1ccc2c(c1)OC1=CC(N(CC)CC)C=CC1=C2c1ccccc1C(=O)N1CCNCC1. The molecule has 2 aromatic rings. The molecule has 1 fully saturated rings. The number of benzene rings is 2. The van der Waals surface area contributed by atoms with Crippen molar-refractivity contribution in [3.8, 4) is 5.75 Å². The summed E-state index contributed by atoms with van der Waals surface area (Å²) in [5.74, 6) is 1.81. The summed E-state index contributed by atoms with van der Waals surface area (Å²) in [6.07, 6.45) is 6.68. The van der Waals surface area contributed by atoms with Crippen molar-refractivity contribution in [1.82, 2.24) is 15.1 Å². The quantitative estimate of drug-likeness (QED) is 0.543. The van der Waals surface area contributed by atoms with Gasteiger partial charge in [0.05, 0.1) is 6.04 Å². The van der Waals surface area contributed by atoms with Crippen LogP contribution < -0.4 is 15.0 Å². The molecule has 0 radical (unpaired) electrons. The number of piperazine rings is 1. The van der Waals surface area contributed by atoms with Crippen LogP contribution in [0.3, 0.4) is 0 Å². The van der Waals surface area contributed by atoms with Gasteiger partial charge in [-0.2, -0.15) is 0 Å². The van der Waals surface area contributed by atoms with Crippen LogP contribution in [0, 0.1) is 0 Å². The van der Waals surface area contributed by atoms with E-state index in [0.29, 0.717) is 0 Å². The molecular weight excluding hydrogens is 472 g/mol. The molecule has 6 nitrogen and oxygen atoms in total. The van der Waals surface area contributed by atoms with Crippen LogP contribution >= 0.6 is 0 Å². The summed E-state index contributed by atoms with van der Waals surface area (Å²) in [6, 6.07) is 14.7. The van der Waals surface area contributed by atoms with Crippen molar-refractivity contribution in [2.45, 2.75) is 33.7 Å². The van der Waals surface area contributed by atoms with E-state index in [2.05, 4.69) is 85.3 Å². The number of ether oxygens (including phenoxy) is 1. The van der Waals surface area contributed by atoms with Crippen molar-refractivity contribution in [3.05, 3.63) is 88.7 Å². The van der Waals surface area contributed by atoms with E-state index in [1.54, 1.807) is 0 Å². The van der Waals surface area contributed by atoms with Gasteiger partial charge in [-0.15, -0.1) is 0 Å². The summed E-state index contributed by atoms with van der Waals surface area (Å²) in [7, 11) is 0. The average Bonchev–Trinajstić information content (AvgIpc) is 2.97. The van der Waals surface area contributed by atoms with Crippen LogP contribution in [0.15, 0.2) is 72.0 Å². The standard InChI is InChI=1S/C32H40N4O2/c1-5-34(6-2)23-13-15-27-29(21-23)38-30-22-24(35(7-3)8-4)14-16-28(30)31(27)25-11-9-10-12-26(25)32(37)36-19-17-33-18-20-36/h9-16,21-23,33H,5-8,17-20H2,1-4H3. The van der Waals surface area contributed by atoms with E-state index >= 15 is 0 Å². The summed E-state index contributed by atoms with van der Waals surface area (Å²) in [6.45, 7) is 15.6. The van der Waals surface area contributed by atoms with Crippen molar-refractivity contribution in [2.24, 2.45) is 0 Å². The number of fused-ring (bicyclic) bond motifs is 2. The molecule has 38 heavy (non-hydrogen) atoms. The maximum absolute atomic E-state index is 13.8. The van der Waals surface area contributed by atoms with Crippen molar-refractivity contribution in [3.63, 3.8) is 0 Å². The molecule has 2 heterocycles. The molecule has 0 spiro atoms. The predicted molar refractivity (Wildman–Crippen MR) is 156 cm³/mol. The minimum atomic E-state index is 0.0920. The number of carbonyl (C=O) groups is 1. The van der Waals surface area contributed by atoms with E-state index < -0.39 is 0 Å². The van der Waals surface area contributed by atoms with Gasteiger partial charge < -0.3 is 19.9 Å². The lowest BCUT2D eigenvalue weighted by Gasteiger charge is -2.33. The number of rotatable bonds is 8. The highest BCUT2D eigenvalue weighted by Gasteiger charge is 2.31. The molecule has 0 saturated carbocycles. The lowest BCUT2D eigenvalue weighted by Crippen LogP contribution is -2.46. The van der Waals surface area contributed by atoms with Crippen molar-refractivity contribution >= 4 is 17.2 Å². The molecule has 1 saturated heterocycles. The largest absolute Gasteiger partial charge is 0.456 e. The summed E-state index contributed by atoms with van der Waals surface area (Å²) < 4.78 is 6.65. The number of likely N-dealkylation sites (N-methyl/N-ethyl adjacent to an activating group) is 1. The molecule has 1 amide bonds. The average molecular weight is 513 g/mol. The second-order valence-corrected chi connectivity index (χ2v) is 9.93. The zero-order chi connectivity index (χ0) is 26.6. The summed E-state index contributed by atoms with van der Waals surface area (Å²) in [5, 5.41) is 3.35. The fraction of sp³-hybridized carbons (Fsp3) is 0.406. The van der Waals surface area contributed by atoms with Gasteiger partial charge in [0.15, 0.2) is 0 Å². The fourth-order valence-corrected chi connectivity index (χ4v) is 5.81. The lowest BCUT2D eigenvalue weighted by atomic mass is 9.84. The Kier molecular flexibility index (Phi) is 8.01. The molecule has 2 aliphatic heterocycles. The molecule has 6 heteroatoms. The molecule has 1 atom stereocenters. The minimum Gasteiger partial charge on any atom is -0.456 e. The fourth-order valence-electron chi connectivity index (χ4n) is 5.81. The van der Waals surface area contributed by atoms with Crippen LogP contribution in [0.1, 0.15) is 49.2 Å². The lowest BCUT2D eigenvalue weighted by molar-refractivity contribution is 0.0735. The van der Waals surface area contributed by atoms with Gasteiger partial charge in [-0.05, 0) is 56.8 Å². The number of allylic oxidation sites excluding steroid dienone is 1. The number of hydrogen-bond acceptors (Lipinski definition) is 5. The first-order valence-corrected chi connectivity index (χ1v) is 14.1. The summed E-state index contributed by atoms with van der Waals surface area (Å²) in [4.78, 5) is 20.5. The van der Waals surface area contributed by atoms with E-state index in [9.17, 15) is 4.79 Å². The van der Waals surface area contributed by atoms with E-state index in [-0.39, 0.29) is 11.9 Å². The second-order valence-electron chi connectivity index (χ2n) is 9.93. The number of carbonyl (C=O) groups excluding carboxylic acids is 1. The number of nitrogens with one attached hydrogen (secondary N) is 1. The molecule has 5 rings (SSSR count). The van der Waals surface area contributed by atoms with Gasteiger partial charge in [-0.3, -0.25) is 9.69 Å². The Bertz CT molecular complexity index is 1260. The van der Waals surface area contributed by atoms with E-state index in [0.717, 1.165) is 97.4 Å². The molecule has 1 unspecified atom stereocenters. The van der Waals surface area contributed by atoms with Crippen molar-refractivity contribution < 1.29 is 9.53 Å². The van der Waals surface area contributed by atoms with Crippen molar-refractivity contribution in [2.75, 3.05) is 57.3 Å². The number of anilines is 1. The molecule has 1 N–H and O–H groups in total. The number of amides is 1. The Labute approximate surface area is 227 Å². The van der Waals surface area contributed by atoms with Crippen LogP contribution in [0.2, 0.25) is 0 Å². The molecule has 1 aliphatic carbocycles. The normalized spacial score (nSPS) is 18.6. The Morgan fingerprint density at radius 2 is 1.71 bits per heavy atom. The van der Waals surface area contributed by atoms with Crippen LogP contribution in [0.25, 0.3) is 5.57 Å². The molecule has 2 aromatic carbocycles. The first-order chi connectivity index (χ1) is 18.6. The van der Waals surface area contributed by atoms with Crippen LogP contribution in [0.5, 0.6) is 5.75 Å². The van der Waals surface area contributed by atoms with Gasteiger partial charge in [0.25, 0.3) is 5.91 Å². The topological polar surface area (TPSA) is 48.1 Å². The molecular formula is C32H40N4O2. The zero-order valence-corrected chi connectivity index (χ0v) is 23.2. The van der Waals surface area contributed by atoms with E-state index in [1.165, 1.54) is 0 Å². The van der Waals surface area contributed by atoms with Gasteiger partial charge in [0.1, 0.15) is 11.5 Å². The van der Waals surface area contributed by atoms with Crippen molar-refractivity contribution in [1.29, 1.82) is 0 Å². The highest BCUT2D eigenvalue weighted by molar-refractivity contribution is 6.03. The van der Waals surface area contributed by atoms with E-state index in [4.69, 9.17) is 4.74 Å². The highest BCUT2D eigenvalue weighted by atomic mass is 16.5. The maximum atomic E-state index is 13.8. The molecule has 0 bridgehead atoms. The third-order valence-electron chi connectivity index (χ3n) is 7.97. The Balaban J connectivity index is 1.67. The summed E-state index contributed by atoms with van der Waals surface area (Å²) in [5.41, 5.74) is 5.99. The minimum absolute atomic E-state index is 0.0920. The Morgan fingerprint density at radius 1 is 0.974 bits per heavy atom. The van der Waals surface area contributed by atoms with Gasteiger partial charge >= 0.3 is 0 Å². The van der Waals surface area contributed by atoms with Crippen LogP contribution in [-0.2, 0) is 0 Å². The molecule has 3 aliphatic rings. The van der Waals surface area contributed by atoms with Crippen LogP contribution in [-0.4, -0.2) is 74.1 Å². The molecule has 200 valence electrons. The van der Waals surface area contributed by atoms with Gasteiger partial charge in [0.2, 0.25) is 0 Å². The number of hydrogen-bond donors (Lipinski definition) is 1. The van der Waals surface area contributed by atoms with E-state index in [1.807, 2.05) is 23.1 Å². The first kappa shape index (κ1) is 26.3. The first-order valence-electron chi connectivity index (χ1n) is 14.1. The van der Waals surface area contributed by atoms with Gasteiger partial charge in [-0.1, -0.05) is 44.2 Å². The second kappa shape index (κ2) is 11.6. The monoisotopic (exact) mass is 512 g/mol. The van der Waals surface area contributed by atoms with Gasteiger partial charge in [-0.25, -0.2) is 0 Å². The zero-order valence-electron chi connectivity index (χ0n) is 23.2. The smallest absolute Gasteiger partial charge is 0.254 e. The Hall–Kier alpha value is -3.35. The predicted octanol–water partition coefficient (Wildman–Crippen LogP) is 4.94. The third kappa shape index (κ3) is 4.91. The summed E-state index contributed by atoms with van der Waals surface area (Å²) >= 11 is 0. The maximum Gasteiger partial charge on any atom is 0.254 e. The highest BCUT2D eigenvalue weighted by Crippen LogP contribution is 2.45. The number of nitrogens with zero attached hydrogens (tertiary/aromatic N) is 3. The van der Waals surface area contributed by atoms with Crippen LogP contribution in [0.4, 0.5) is 5.69 Å².